The minimum absolute atomic E-state index is 0.0920. The highest BCUT2D eigenvalue weighted by molar-refractivity contribution is 6.03. The van der Waals surface area contributed by atoms with Gasteiger partial charge in [-0.05, 0) is 19.2 Å². The molecule has 0 saturated carbocycles. The van der Waals surface area contributed by atoms with E-state index in [1.165, 1.54) is 19.2 Å². The van der Waals surface area contributed by atoms with Crippen molar-refractivity contribution < 1.29 is 19.4 Å². The number of aromatic carboxylic acids is 1. The second kappa shape index (κ2) is 8.23. The zero-order chi connectivity index (χ0) is 16.7. The number of carboxylic acids is 1. The molecule has 0 saturated heterocycles. The first-order valence-electron chi connectivity index (χ1n) is 7.15. The van der Waals surface area contributed by atoms with E-state index in [0.29, 0.717) is 6.54 Å². The van der Waals surface area contributed by atoms with Crippen molar-refractivity contribution in [3.05, 3.63) is 23.3 Å². The maximum Gasteiger partial charge on any atom is 0.339 e. The topological polar surface area (TPSA) is 105 Å². The lowest BCUT2D eigenvalue weighted by Crippen LogP contribution is -2.35. The van der Waals surface area contributed by atoms with Crippen molar-refractivity contribution in [1.29, 1.82) is 0 Å². The van der Waals surface area contributed by atoms with E-state index in [9.17, 15) is 9.59 Å². The molecule has 7 heteroatoms. The fraction of sp³-hybridized carbons (Fsp3) is 0.467. The first-order chi connectivity index (χ1) is 10.4. The van der Waals surface area contributed by atoms with Crippen molar-refractivity contribution in [1.82, 2.24) is 10.2 Å². The zero-order valence-electron chi connectivity index (χ0n) is 13.2. The molecule has 0 fully saturated rings. The van der Waals surface area contributed by atoms with Gasteiger partial charge in [0.2, 0.25) is 0 Å². The van der Waals surface area contributed by atoms with Gasteiger partial charge in [-0.15, -0.1) is 0 Å². The van der Waals surface area contributed by atoms with Gasteiger partial charge < -0.3 is 25.8 Å². The van der Waals surface area contributed by atoms with E-state index in [4.69, 9.17) is 15.6 Å². The summed E-state index contributed by atoms with van der Waals surface area (Å²) in [4.78, 5) is 25.5. The second-order valence-electron chi connectivity index (χ2n) is 4.73. The van der Waals surface area contributed by atoms with Gasteiger partial charge in [0.25, 0.3) is 5.91 Å². The number of carboxylic acid groups (broad SMARTS) is 1. The Morgan fingerprint density at radius 1 is 1.27 bits per heavy atom. The van der Waals surface area contributed by atoms with Gasteiger partial charge in [0.1, 0.15) is 11.3 Å². The van der Waals surface area contributed by atoms with Crippen LogP contribution < -0.4 is 15.8 Å². The number of carbonyl (C=O) groups is 2. The highest BCUT2D eigenvalue weighted by Crippen LogP contribution is 2.25. The first kappa shape index (κ1) is 17.8. The minimum Gasteiger partial charge on any atom is -0.496 e. The monoisotopic (exact) mass is 309 g/mol. The number of hydrogen-bond acceptors (Lipinski definition) is 5. The number of amides is 1. The normalized spacial score (nSPS) is 10.5. The maximum absolute atomic E-state index is 12.2. The van der Waals surface area contributed by atoms with Crippen molar-refractivity contribution >= 4 is 17.6 Å². The molecule has 0 bridgehead atoms. The number of nitrogens with zero attached hydrogens (tertiary/aromatic N) is 1. The number of benzene rings is 1. The van der Waals surface area contributed by atoms with Gasteiger partial charge in [0.15, 0.2) is 0 Å². The molecule has 1 aromatic carbocycles. The van der Waals surface area contributed by atoms with E-state index in [2.05, 4.69) is 10.2 Å². The van der Waals surface area contributed by atoms with Crippen LogP contribution in [-0.2, 0) is 0 Å². The molecule has 4 N–H and O–H groups in total. The van der Waals surface area contributed by atoms with Crippen LogP contribution in [0.5, 0.6) is 5.75 Å². The molecule has 1 rings (SSSR count). The van der Waals surface area contributed by atoms with Crippen LogP contribution in [0.2, 0.25) is 0 Å². The van der Waals surface area contributed by atoms with Gasteiger partial charge in [-0.2, -0.15) is 0 Å². The molecule has 7 nitrogen and oxygen atoms in total. The average Bonchev–Trinajstić information content (AvgIpc) is 2.50. The molecule has 0 aliphatic rings. The van der Waals surface area contributed by atoms with E-state index in [1.54, 1.807) is 0 Å². The predicted octanol–water partition coefficient (Wildman–Crippen LogP) is 1.05. The molecule has 0 heterocycles. The number of nitrogens with one attached hydrogen (secondary N) is 1. The number of ether oxygens (including phenoxy) is 1. The number of methoxy groups -OCH3 is 1. The Kier molecular flexibility index (Phi) is 6.65. The van der Waals surface area contributed by atoms with Crippen LogP contribution in [0, 0.1) is 0 Å². The summed E-state index contributed by atoms with van der Waals surface area (Å²) in [6.07, 6.45) is 0. The molecule has 0 aromatic heterocycles. The molecule has 0 atom stereocenters. The summed E-state index contributed by atoms with van der Waals surface area (Å²) in [6.45, 7) is 7.09. The molecule has 1 amide bonds. The molecular formula is C15H23N3O4. The van der Waals surface area contributed by atoms with Gasteiger partial charge in [-0.25, -0.2) is 4.79 Å². The molecular weight excluding hydrogens is 286 g/mol. The van der Waals surface area contributed by atoms with Crippen molar-refractivity contribution in [2.75, 3.05) is 39.0 Å². The molecule has 122 valence electrons. The molecule has 22 heavy (non-hydrogen) atoms. The molecule has 0 aliphatic heterocycles. The second-order valence-corrected chi connectivity index (χ2v) is 4.73. The number of carbonyl (C=O) groups excluding carboxylic acids is 1. The Labute approximate surface area is 130 Å². The van der Waals surface area contributed by atoms with Gasteiger partial charge in [0.05, 0.1) is 12.7 Å². The fourth-order valence-corrected chi connectivity index (χ4v) is 2.09. The lowest BCUT2D eigenvalue weighted by Gasteiger charge is -2.18. The Balaban J connectivity index is 2.85. The molecule has 0 unspecified atom stereocenters. The largest absolute Gasteiger partial charge is 0.496 e. The van der Waals surface area contributed by atoms with E-state index in [-0.39, 0.29) is 22.6 Å². The Hall–Kier alpha value is -2.28. The average molecular weight is 309 g/mol. The van der Waals surface area contributed by atoms with Crippen molar-refractivity contribution in [2.45, 2.75) is 13.8 Å². The van der Waals surface area contributed by atoms with E-state index >= 15 is 0 Å². The van der Waals surface area contributed by atoms with Gasteiger partial charge in [-0.3, -0.25) is 4.79 Å². The van der Waals surface area contributed by atoms with Gasteiger partial charge >= 0.3 is 5.97 Å². The summed E-state index contributed by atoms with van der Waals surface area (Å²) in [5.41, 5.74) is 6.03. The molecule has 0 spiro atoms. The predicted molar refractivity (Wildman–Crippen MR) is 84.5 cm³/mol. The highest BCUT2D eigenvalue weighted by atomic mass is 16.5. The Morgan fingerprint density at radius 3 is 2.41 bits per heavy atom. The number of nitrogen functional groups attached to an aromatic ring is 1. The summed E-state index contributed by atoms with van der Waals surface area (Å²) in [7, 11) is 1.35. The van der Waals surface area contributed by atoms with Crippen LogP contribution in [-0.4, -0.2) is 55.2 Å². The Morgan fingerprint density at radius 2 is 1.91 bits per heavy atom. The third-order valence-corrected chi connectivity index (χ3v) is 3.45. The van der Waals surface area contributed by atoms with Gasteiger partial charge in [-0.1, -0.05) is 13.8 Å². The fourth-order valence-electron chi connectivity index (χ4n) is 2.09. The molecule has 0 radical (unpaired) electrons. The summed E-state index contributed by atoms with van der Waals surface area (Å²) in [5.74, 6) is -1.44. The quantitative estimate of drug-likeness (QED) is 0.620. The molecule has 0 aliphatic carbocycles. The number of nitrogens with two attached hydrogens (primary N) is 1. The third kappa shape index (κ3) is 4.36. The van der Waals surface area contributed by atoms with Crippen LogP contribution in [0.15, 0.2) is 12.1 Å². The number of likely N-dealkylation sites (N-methyl/N-ethyl adjacent to an activating group) is 1. The maximum atomic E-state index is 12.2. The standard InChI is InChI=1S/C15H23N3O4/c1-4-18(5-2)7-6-17-14(19)10-8-11(15(20)21)13(22-3)9-12(10)16/h8-9H,4-7,16H2,1-3H3,(H,17,19)(H,20,21). The highest BCUT2D eigenvalue weighted by Gasteiger charge is 2.18. The van der Waals surface area contributed by atoms with Crippen LogP contribution in [0.25, 0.3) is 0 Å². The Bertz CT molecular complexity index is 542. The minimum atomic E-state index is -1.17. The van der Waals surface area contributed by atoms with Crippen molar-refractivity contribution in [3.63, 3.8) is 0 Å². The van der Waals surface area contributed by atoms with Crippen LogP contribution in [0.1, 0.15) is 34.6 Å². The van der Waals surface area contributed by atoms with Gasteiger partial charge in [0, 0.05) is 24.8 Å². The summed E-state index contributed by atoms with van der Waals surface area (Å²) in [6, 6.07) is 2.59. The SMILES string of the molecule is CCN(CC)CCNC(=O)c1cc(C(=O)O)c(OC)cc1N. The van der Waals surface area contributed by atoms with E-state index in [1.807, 2.05) is 13.8 Å². The first-order valence-corrected chi connectivity index (χ1v) is 7.15. The number of anilines is 1. The van der Waals surface area contributed by atoms with E-state index in [0.717, 1.165) is 19.6 Å². The van der Waals surface area contributed by atoms with Crippen LogP contribution >= 0.6 is 0 Å². The lowest BCUT2D eigenvalue weighted by molar-refractivity contribution is 0.0693. The summed E-state index contributed by atoms with van der Waals surface area (Å²) in [5, 5.41) is 11.9. The lowest BCUT2D eigenvalue weighted by atomic mass is 10.1. The van der Waals surface area contributed by atoms with Crippen molar-refractivity contribution in [3.8, 4) is 5.75 Å². The smallest absolute Gasteiger partial charge is 0.339 e. The third-order valence-electron chi connectivity index (χ3n) is 3.45. The molecule has 1 aromatic rings. The van der Waals surface area contributed by atoms with Crippen LogP contribution in [0.4, 0.5) is 5.69 Å². The number of hydrogen-bond donors (Lipinski definition) is 3. The van der Waals surface area contributed by atoms with Crippen molar-refractivity contribution in [2.24, 2.45) is 0 Å². The number of rotatable bonds is 8. The van der Waals surface area contributed by atoms with E-state index < -0.39 is 11.9 Å². The summed E-state index contributed by atoms with van der Waals surface area (Å²) >= 11 is 0. The van der Waals surface area contributed by atoms with Crippen LogP contribution in [0.3, 0.4) is 0 Å². The summed E-state index contributed by atoms with van der Waals surface area (Å²) < 4.78 is 4.96. The zero-order valence-corrected chi connectivity index (χ0v) is 13.2.